The van der Waals surface area contributed by atoms with E-state index < -0.39 is 49.1 Å². The van der Waals surface area contributed by atoms with Gasteiger partial charge in [-0.1, -0.05) is 0 Å². The maximum atomic E-state index is 12.0. The van der Waals surface area contributed by atoms with Crippen LogP contribution < -0.4 is 10.6 Å². The Morgan fingerprint density at radius 1 is 1.25 bits per heavy atom. The number of rotatable bonds is 6. The number of hydrogen-bond acceptors (Lipinski definition) is 4. The molecule has 3 N–H and O–H groups in total. The monoisotopic (exact) mass is 300 g/mol. The minimum absolute atomic E-state index is 0.632. The Labute approximate surface area is 112 Å². The number of carbonyl (C=O) groups excluding carboxylic acids is 2. The summed E-state index contributed by atoms with van der Waals surface area (Å²) in [6.07, 6.45) is -6.34. The number of hydrogen-bond donors (Lipinski definition) is 3. The fraction of sp³-hybridized carbons (Fsp3) is 0.700. The van der Waals surface area contributed by atoms with Gasteiger partial charge in [0.25, 0.3) is 0 Å². The smallest absolute Gasteiger partial charge is 0.391 e. The number of nitrogens with one attached hydrogen (secondary N) is 2. The van der Waals surface area contributed by atoms with Gasteiger partial charge >= 0.3 is 24.1 Å². The number of halogens is 3. The van der Waals surface area contributed by atoms with Crippen molar-refractivity contribution in [1.82, 2.24) is 10.6 Å². The fourth-order valence-electron chi connectivity index (χ4n) is 1.27. The highest BCUT2D eigenvalue weighted by Gasteiger charge is 2.31. The lowest BCUT2D eigenvalue weighted by atomic mass is 10.2. The highest BCUT2D eigenvalue weighted by atomic mass is 19.4. The van der Waals surface area contributed by atoms with Crippen molar-refractivity contribution in [3.8, 4) is 0 Å². The Hall–Kier alpha value is -2.00. The lowest BCUT2D eigenvalue weighted by Gasteiger charge is -2.18. The van der Waals surface area contributed by atoms with E-state index in [1.807, 2.05) is 10.6 Å². The van der Waals surface area contributed by atoms with Gasteiger partial charge in [0.2, 0.25) is 0 Å². The van der Waals surface area contributed by atoms with Gasteiger partial charge in [-0.15, -0.1) is 0 Å². The van der Waals surface area contributed by atoms with Crippen molar-refractivity contribution in [2.24, 2.45) is 0 Å². The van der Waals surface area contributed by atoms with Gasteiger partial charge in [0.05, 0.1) is 20.0 Å². The van der Waals surface area contributed by atoms with Crippen LogP contribution >= 0.6 is 0 Å². The first-order valence-electron chi connectivity index (χ1n) is 5.48. The highest BCUT2D eigenvalue weighted by molar-refractivity contribution is 5.86. The van der Waals surface area contributed by atoms with Gasteiger partial charge in [0.15, 0.2) is 0 Å². The molecule has 0 spiro atoms. The number of ether oxygens (including phenoxy) is 1. The largest absolute Gasteiger partial charge is 0.480 e. The molecule has 0 aromatic carbocycles. The molecule has 10 heteroatoms. The standard InChI is InChI=1S/C10H15F3N2O5/c1-5(4-10(11,12)13)14-9(19)15-6(8(17)18)3-7(16)20-2/h5-6H,3-4H2,1-2H3,(H,17,18)(H2,14,15,19)/t5?,6-/m0/s1. The summed E-state index contributed by atoms with van der Waals surface area (Å²) in [7, 11) is 1.03. The van der Waals surface area contributed by atoms with Crippen LogP contribution in [0.25, 0.3) is 0 Å². The van der Waals surface area contributed by atoms with E-state index >= 15 is 0 Å². The zero-order chi connectivity index (χ0) is 15.9. The molecule has 20 heavy (non-hydrogen) atoms. The Morgan fingerprint density at radius 2 is 1.80 bits per heavy atom. The molecular weight excluding hydrogens is 285 g/mol. The van der Waals surface area contributed by atoms with E-state index in [1.54, 1.807) is 0 Å². The molecule has 0 rings (SSSR count). The molecule has 2 atom stereocenters. The van der Waals surface area contributed by atoms with Crippen LogP contribution in [0.4, 0.5) is 18.0 Å². The number of alkyl halides is 3. The van der Waals surface area contributed by atoms with Crippen molar-refractivity contribution >= 4 is 18.0 Å². The molecule has 0 aromatic heterocycles. The van der Waals surface area contributed by atoms with E-state index in [2.05, 4.69) is 4.74 Å². The molecule has 0 aromatic rings. The summed E-state index contributed by atoms with van der Waals surface area (Å²) in [5.74, 6) is -2.38. The molecule has 0 aliphatic carbocycles. The van der Waals surface area contributed by atoms with Crippen LogP contribution in [0.3, 0.4) is 0 Å². The predicted octanol–water partition coefficient (Wildman–Crippen LogP) is 0.643. The third kappa shape index (κ3) is 8.16. The number of carboxylic acids is 1. The molecular formula is C10H15F3N2O5. The first-order valence-corrected chi connectivity index (χ1v) is 5.48. The maximum absolute atomic E-state index is 12.0. The molecule has 0 aliphatic heterocycles. The molecule has 0 saturated carbocycles. The zero-order valence-electron chi connectivity index (χ0n) is 10.8. The first-order chi connectivity index (χ1) is 9.05. The van der Waals surface area contributed by atoms with E-state index in [0.29, 0.717) is 0 Å². The second-order valence-corrected chi connectivity index (χ2v) is 4.01. The molecule has 0 aliphatic rings. The quantitative estimate of drug-likeness (QED) is 0.624. The van der Waals surface area contributed by atoms with Crippen molar-refractivity contribution in [3.63, 3.8) is 0 Å². The van der Waals surface area contributed by atoms with Crippen molar-refractivity contribution in [2.75, 3.05) is 7.11 Å². The first kappa shape index (κ1) is 18.0. The summed E-state index contributed by atoms with van der Waals surface area (Å²) in [5.41, 5.74) is 0. The van der Waals surface area contributed by atoms with E-state index in [0.717, 1.165) is 14.0 Å². The van der Waals surface area contributed by atoms with Crippen molar-refractivity contribution in [3.05, 3.63) is 0 Å². The molecule has 1 unspecified atom stereocenters. The van der Waals surface area contributed by atoms with Crippen LogP contribution in [-0.4, -0.2) is 48.4 Å². The van der Waals surface area contributed by atoms with Crippen LogP contribution in [0.15, 0.2) is 0 Å². The number of amides is 2. The second-order valence-electron chi connectivity index (χ2n) is 4.01. The normalized spacial score (nSPS) is 14.1. The molecule has 0 heterocycles. The van der Waals surface area contributed by atoms with E-state index in [9.17, 15) is 27.6 Å². The molecule has 0 bridgehead atoms. The number of carbonyl (C=O) groups is 3. The molecule has 2 amide bonds. The van der Waals surface area contributed by atoms with Crippen LogP contribution in [0, 0.1) is 0 Å². The third-order valence-electron chi connectivity index (χ3n) is 2.12. The van der Waals surface area contributed by atoms with Crippen LogP contribution in [0.5, 0.6) is 0 Å². The van der Waals surface area contributed by atoms with Gasteiger partial charge in [-0.25, -0.2) is 9.59 Å². The molecule has 7 nitrogen and oxygen atoms in total. The summed E-state index contributed by atoms with van der Waals surface area (Å²) in [4.78, 5) is 33.0. The lowest BCUT2D eigenvalue weighted by Crippen LogP contribution is -2.49. The van der Waals surface area contributed by atoms with Gasteiger partial charge < -0.3 is 20.5 Å². The number of aliphatic carboxylic acids is 1. The van der Waals surface area contributed by atoms with E-state index in [1.165, 1.54) is 0 Å². The number of carboxylic acid groups (broad SMARTS) is 1. The van der Waals surface area contributed by atoms with Crippen molar-refractivity contribution in [1.29, 1.82) is 0 Å². The van der Waals surface area contributed by atoms with Gasteiger partial charge in [-0.05, 0) is 6.92 Å². The Balaban J connectivity index is 4.40. The SMILES string of the molecule is COC(=O)C[C@H](NC(=O)NC(C)CC(F)(F)F)C(=O)O. The summed E-state index contributed by atoms with van der Waals surface area (Å²) < 4.78 is 40.4. The summed E-state index contributed by atoms with van der Waals surface area (Å²) in [5, 5.41) is 12.6. The van der Waals surface area contributed by atoms with E-state index in [4.69, 9.17) is 5.11 Å². The fourth-order valence-corrected chi connectivity index (χ4v) is 1.27. The van der Waals surface area contributed by atoms with Crippen LogP contribution in [0.1, 0.15) is 19.8 Å². The van der Waals surface area contributed by atoms with Crippen molar-refractivity contribution < 1.29 is 37.4 Å². The van der Waals surface area contributed by atoms with Crippen LogP contribution in [-0.2, 0) is 14.3 Å². The van der Waals surface area contributed by atoms with Gasteiger partial charge in [-0.2, -0.15) is 13.2 Å². The number of urea groups is 1. The van der Waals surface area contributed by atoms with Gasteiger partial charge in [0.1, 0.15) is 6.04 Å². The average Bonchev–Trinajstić information content (AvgIpc) is 2.24. The minimum Gasteiger partial charge on any atom is -0.480 e. The average molecular weight is 300 g/mol. The number of esters is 1. The minimum atomic E-state index is -4.45. The maximum Gasteiger partial charge on any atom is 0.391 e. The van der Waals surface area contributed by atoms with Gasteiger partial charge in [-0.3, -0.25) is 4.79 Å². The van der Waals surface area contributed by atoms with E-state index in [-0.39, 0.29) is 0 Å². The predicted molar refractivity (Wildman–Crippen MR) is 59.9 cm³/mol. The Bertz CT molecular complexity index is 372. The Morgan fingerprint density at radius 3 is 2.20 bits per heavy atom. The highest BCUT2D eigenvalue weighted by Crippen LogP contribution is 2.21. The second kappa shape index (κ2) is 7.56. The third-order valence-corrected chi connectivity index (χ3v) is 2.12. The molecule has 0 radical (unpaired) electrons. The topological polar surface area (TPSA) is 105 Å². The summed E-state index contributed by atoms with van der Waals surface area (Å²) in [6, 6.07) is -3.93. The summed E-state index contributed by atoms with van der Waals surface area (Å²) >= 11 is 0. The molecule has 0 fully saturated rings. The lowest BCUT2D eigenvalue weighted by molar-refractivity contribution is -0.147. The Kier molecular flexibility index (Phi) is 6.80. The van der Waals surface area contributed by atoms with Crippen molar-refractivity contribution in [2.45, 2.75) is 38.0 Å². The number of methoxy groups -OCH3 is 1. The van der Waals surface area contributed by atoms with Gasteiger partial charge in [0, 0.05) is 6.04 Å². The molecule has 116 valence electrons. The molecule has 0 saturated heterocycles. The summed E-state index contributed by atoms with van der Waals surface area (Å²) in [6.45, 7) is 1.11. The zero-order valence-corrected chi connectivity index (χ0v) is 10.8. The van der Waals surface area contributed by atoms with Crippen LogP contribution in [0.2, 0.25) is 0 Å².